The molecule has 0 aliphatic heterocycles. The van der Waals surface area contributed by atoms with Crippen LogP contribution in [0.2, 0.25) is 0 Å². The second-order valence-electron chi connectivity index (χ2n) is 5.20. The van der Waals surface area contributed by atoms with E-state index >= 15 is 0 Å². The highest BCUT2D eigenvalue weighted by Crippen LogP contribution is 2.33. The number of nitrogens with zero attached hydrogens (tertiary/aromatic N) is 2. The van der Waals surface area contributed by atoms with Gasteiger partial charge in [-0.25, -0.2) is 10.8 Å². The molecule has 2 heterocycles. The van der Waals surface area contributed by atoms with Gasteiger partial charge in [0.15, 0.2) is 5.82 Å². The Hall–Kier alpha value is -3.39. The zero-order valence-electron chi connectivity index (χ0n) is 15.6. The van der Waals surface area contributed by atoms with Gasteiger partial charge in [0.1, 0.15) is 17.3 Å². The fourth-order valence-electron chi connectivity index (χ4n) is 2.44. The summed E-state index contributed by atoms with van der Waals surface area (Å²) in [6.07, 6.45) is 3.45. The summed E-state index contributed by atoms with van der Waals surface area (Å²) >= 11 is 0. The van der Waals surface area contributed by atoms with E-state index in [1.807, 2.05) is 51.1 Å². The van der Waals surface area contributed by atoms with Crippen LogP contribution in [-0.2, 0) is 0 Å². The van der Waals surface area contributed by atoms with E-state index < -0.39 is 5.56 Å². The van der Waals surface area contributed by atoms with Gasteiger partial charge in [0, 0.05) is 12.4 Å². The van der Waals surface area contributed by atoms with E-state index in [2.05, 4.69) is 20.4 Å². The van der Waals surface area contributed by atoms with Gasteiger partial charge in [0.05, 0.1) is 12.2 Å². The Kier molecular flexibility index (Phi) is 6.90. The van der Waals surface area contributed by atoms with Gasteiger partial charge in [0.25, 0.3) is 5.56 Å². The van der Waals surface area contributed by atoms with Crippen molar-refractivity contribution in [1.82, 2.24) is 15.0 Å². The smallest absolute Gasteiger partial charge is 0.276 e. The fraction of sp³-hybridized carbons (Fsp3) is 0.211. The molecule has 0 atom stereocenters. The first-order valence-corrected chi connectivity index (χ1v) is 8.68. The van der Waals surface area contributed by atoms with Gasteiger partial charge in [-0.1, -0.05) is 19.9 Å². The number of ether oxygens (including phenoxy) is 1. The molecule has 3 aromatic rings. The van der Waals surface area contributed by atoms with Gasteiger partial charge >= 0.3 is 0 Å². The number of anilines is 2. The molecular weight excluding hydrogens is 344 g/mol. The Morgan fingerprint density at radius 2 is 1.85 bits per heavy atom. The number of aromatic nitrogens is 3. The van der Waals surface area contributed by atoms with Crippen molar-refractivity contribution in [2.45, 2.75) is 20.8 Å². The van der Waals surface area contributed by atoms with Crippen molar-refractivity contribution in [1.29, 1.82) is 0 Å². The Morgan fingerprint density at radius 1 is 1.15 bits per heavy atom. The average molecular weight is 368 g/mol. The first-order chi connectivity index (χ1) is 13.1. The molecule has 0 bridgehead atoms. The molecule has 3 rings (SSSR count). The van der Waals surface area contributed by atoms with Crippen LogP contribution in [0.4, 0.5) is 11.5 Å². The number of hydrogen-bond donors (Lipinski definition) is 4. The molecule has 0 saturated heterocycles. The Labute approximate surface area is 157 Å². The van der Waals surface area contributed by atoms with E-state index in [1.165, 1.54) is 0 Å². The molecule has 0 aliphatic carbocycles. The standard InChI is InChI=1S/C17H18N6O2.C2H6/c1-2-25-13-9-11(10-5-7-20-8-6-10)3-4-12(13)15-21-16(23-19)14(18)17(24)22-15;1-2/h3-9H,2,18-19H2,1H3,(H2,21,22,23,24);1-2H3. The van der Waals surface area contributed by atoms with Crippen molar-refractivity contribution in [3.05, 3.63) is 53.1 Å². The maximum atomic E-state index is 12.0. The predicted molar refractivity (Wildman–Crippen MR) is 108 cm³/mol. The third-order valence-corrected chi connectivity index (χ3v) is 3.64. The van der Waals surface area contributed by atoms with Crippen LogP contribution in [0, 0.1) is 0 Å². The Bertz CT molecular complexity index is 941. The maximum Gasteiger partial charge on any atom is 0.276 e. The lowest BCUT2D eigenvalue weighted by molar-refractivity contribution is 0.341. The third-order valence-electron chi connectivity index (χ3n) is 3.64. The highest BCUT2D eigenvalue weighted by molar-refractivity contribution is 5.74. The topological polar surface area (TPSA) is 132 Å². The van der Waals surface area contributed by atoms with Crippen molar-refractivity contribution in [2.75, 3.05) is 17.8 Å². The van der Waals surface area contributed by atoms with Gasteiger partial charge in [-0.05, 0) is 42.3 Å². The van der Waals surface area contributed by atoms with Crippen molar-refractivity contribution in [2.24, 2.45) is 5.84 Å². The molecule has 0 aliphatic rings. The lowest BCUT2D eigenvalue weighted by Crippen LogP contribution is -2.20. The van der Waals surface area contributed by atoms with E-state index in [4.69, 9.17) is 16.3 Å². The van der Waals surface area contributed by atoms with E-state index in [0.29, 0.717) is 23.7 Å². The molecule has 0 amide bonds. The maximum absolute atomic E-state index is 12.0. The fourth-order valence-corrected chi connectivity index (χ4v) is 2.44. The van der Waals surface area contributed by atoms with E-state index in [-0.39, 0.29) is 11.5 Å². The number of hydrogen-bond acceptors (Lipinski definition) is 7. The number of nitrogens with two attached hydrogens (primary N) is 2. The summed E-state index contributed by atoms with van der Waals surface area (Å²) in [5.41, 5.74) is 10.0. The number of nitrogens with one attached hydrogen (secondary N) is 2. The summed E-state index contributed by atoms with van der Waals surface area (Å²) in [6, 6.07) is 9.45. The summed E-state index contributed by atoms with van der Waals surface area (Å²) in [4.78, 5) is 22.9. The molecule has 0 saturated carbocycles. The molecule has 0 radical (unpaired) electrons. The molecule has 1 aromatic carbocycles. The van der Waals surface area contributed by atoms with Gasteiger partial charge < -0.3 is 20.9 Å². The summed E-state index contributed by atoms with van der Waals surface area (Å²) in [5, 5.41) is 0. The van der Waals surface area contributed by atoms with Crippen molar-refractivity contribution < 1.29 is 4.74 Å². The van der Waals surface area contributed by atoms with E-state index in [0.717, 1.165) is 11.1 Å². The second kappa shape index (κ2) is 9.35. The Morgan fingerprint density at radius 3 is 2.48 bits per heavy atom. The van der Waals surface area contributed by atoms with Crippen LogP contribution in [-0.4, -0.2) is 21.6 Å². The van der Waals surface area contributed by atoms with Crippen LogP contribution in [0.25, 0.3) is 22.5 Å². The lowest BCUT2D eigenvalue weighted by atomic mass is 10.0. The Balaban J connectivity index is 0.00000126. The first-order valence-electron chi connectivity index (χ1n) is 8.68. The van der Waals surface area contributed by atoms with Gasteiger partial charge in [-0.3, -0.25) is 9.78 Å². The molecule has 6 N–H and O–H groups in total. The van der Waals surface area contributed by atoms with E-state index in [9.17, 15) is 4.79 Å². The van der Waals surface area contributed by atoms with Crippen LogP contribution in [0.15, 0.2) is 47.5 Å². The van der Waals surface area contributed by atoms with Crippen LogP contribution >= 0.6 is 0 Å². The van der Waals surface area contributed by atoms with E-state index in [1.54, 1.807) is 12.4 Å². The highest BCUT2D eigenvalue weighted by atomic mass is 16.5. The highest BCUT2D eigenvalue weighted by Gasteiger charge is 2.14. The molecule has 8 heteroatoms. The summed E-state index contributed by atoms with van der Waals surface area (Å²) in [6.45, 7) is 6.35. The van der Waals surface area contributed by atoms with Crippen molar-refractivity contribution in [3.63, 3.8) is 0 Å². The minimum absolute atomic E-state index is 0.0717. The largest absolute Gasteiger partial charge is 0.493 e. The van der Waals surface area contributed by atoms with Crippen LogP contribution in [0.5, 0.6) is 5.75 Å². The molecule has 0 fully saturated rings. The number of benzene rings is 1. The number of rotatable bonds is 5. The minimum Gasteiger partial charge on any atom is -0.493 e. The number of hydrazine groups is 1. The number of pyridine rings is 1. The SMILES string of the molecule is CC.CCOc1cc(-c2ccncc2)ccc1-c1nc(NN)c(N)c(=O)[nH]1. The number of aromatic amines is 1. The molecule has 142 valence electrons. The van der Waals surface area contributed by atoms with Gasteiger partial charge in [0.2, 0.25) is 0 Å². The summed E-state index contributed by atoms with van der Waals surface area (Å²) < 4.78 is 5.74. The normalized spacial score (nSPS) is 9.93. The zero-order chi connectivity index (χ0) is 19.8. The second-order valence-corrected chi connectivity index (χ2v) is 5.20. The molecule has 27 heavy (non-hydrogen) atoms. The average Bonchev–Trinajstić information content (AvgIpc) is 2.72. The zero-order valence-corrected chi connectivity index (χ0v) is 15.6. The first kappa shape index (κ1) is 19.9. The van der Waals surface area contributed by atoms with Crippen LogP contribution in [0.3, 0.4) is 0 Å². The number of nitrogen functional groups attached to an aromatic ring is 2. The molecule has 8 nitrogen and oxygen atoms in total. The van der Waals surface area contributed by atoms with Gasteiger partial charge in [-0.15, -0.1) is 0 Å². The summed E-state index contributed by atoms with van der Waals surface area (Å²) in [7, 11) is 0. The lowest BCUT2D eigenvalue weighted by Gasteiger charge is -2.13. The van der Waals surface area contributed by atoms with Crippen molar-refractivity contribution in [3.8, 4) is 28.3 Å². The third kappa shape index (κ3) is 4.42. The number of H-pyrrole nitrogens is 1. The van der Waals surface area contributed by atoms with Crippen LogP contribution < -0.4 is 27.3 Å². The predicted octanol–water partition coefficient (Wildman–Crippen LogP) is 2.79. The summed E-state index contributed by atoms with van der Waals surface area (Å²) in [5.74, 6) is 6.40. The molecular formula is C19H24N6O2. The van der Waals surface area contributed by atoms with Crippen molar-refractivity contribution >= 4 is 11.5 Å². The van der Waals surface area contributed by atoms with Gasteiger partial charge in [-0.2, -0.15) is 0 Å². The molecule has 0 spiro atoms. The molecule has 0 unspecified atom stereocenters. The molecule has 2 aromatic heterocycles. The quantitative estimate of drug-likeness (QED) is 0.402. The minimum atomic E-state index is -0.474. The van der Waals surface area contributed by atoms with Crippen LogP contribution in [0.1, 0.15) is 20.8 Å². The monoisotopic (exact) mass is 368 g/mol.